The molecule has 6 N–H and O–H groups in total. The highest BCUT2D eigenvalue weighted by molar-refractivity contribution is 5.94. The van der Waals surface area contributed by atoms with Gasteiger partial charge in [-0.1, -0.05) is 27.7 Å². The van der Waals surface area contributed by atoms with Crippen molar-refractivity contribution in [2.45, 2.75) is 54.0 Å². The molecule has 3 rings (SSSR count). The van der Waals surface area contributed by atoms with E-state index < -0.39 is 5.56 Å². The molecule has 0 fully saturated rings. The summed E-state index contributed by atoms with van der Waals surface area (Å²) in [5, 5.41) is 12.8. The Kier molecular flexibility index (Phi) is 15.9. The third-order valence-corrected chi connectivity index (χ3v) is 4.10. The average Bonchev–Trinajstić information content (AvgIpc) is 2.88. The molecule has 0 aliphatic carbocycles. The van der Waals surface area contributed by atoms with Crippen LogP contribution in [0.25, 0.3) is 11.2 Å². The Morgan fingerprint density at radius 2 is 1.72 bits per heavy atom. The van der Waals surface area contributed by atoms with Crippen molar-refractivity contribution in [3.63, 3.8) is 0 Å². The van der Waals surface area contributed by atoms with Crippen molar-refractivity contribution in [1.82, 2.24) is 25.3 Å². The number of hydrogen-bond acceptors (Lipinski definition) is 9. The largest absolute Gasteiger partial charge is 0.483 e. The van der Waals surface area contributed by atoms with Gasteiger partial charge < -0.3 is 26.3 Å². The summed E-state index contributed by atoms with van der Waals surface area (Å²) in [5.41, 5.74) is 7.22. The molecule has 0 aliphatic rings. The van der Waals surface area contributed by atoms with Gasteiger partial charge in [0.1, 0.15) is 5.78 Å². The Morgan fingerprint density at radius 1 is 1.11 bits per heavy atom. The molecule has 0 unspecified atom stereocenters. The number of carbonyl (C=O) groups is 3. The lowest BCUT2D eigenvalue weighted by molar-refractivity contribution is -0.123. The van der Waals surface area contributed by atoms with E-state index in [0.29, 0.717) is 37.2 Å². The number of carbonyl (C=O) groups excluding carboxylic acids is 2. The molecule has 0 atom stereocenters. The standard InChI is InChI=1S/C19H21N7O3.2C2H6.CH2O2/c1-11(27)3-2-8-21-17(28)12-4-6-13(7-5-12)22-9-14-10-23-16-15(24-14)18(29)26-19(20)25-16;2*1-2;2-1-3/h4-7,10,22H,2-3,8-9H2,1H3,(H,21,28)(H3,20,23,25,26,29);2*1-2H3;1H,(H,2,3). The van der Waals surface area contributed by atoms with Crippen LogP contribution >= 0.6 is 0 Å². The van der Waals surface area contributed by atoms with Gasteiger partial charge in [-0.15, -0.1) is 0 Å². The smallest absolute Gasteiger partial charge is 0.290 e. The van der Waals surface area contributed by atoms with E-state index in [1.807, 2.05) is 27.7 Å². The number of H-pyrrole nitrogens is 1. The minimum Gasteiger partial charge on any atom is -0.483 e. The summed E-state index contributed by atoms with van der Waals surface area (Å²) in [5.74, 6) is -0.0899. The number of benzene rings is 1. The van der Waals surface area contributed by atoms with Gasteiger partial charge >= 0.3 is 0 Å². The molecule has 0 spiro atoms. The first-order valence-electron chi connectivity index (χ1n) is 11.5. The van der Waals surface area contributed by atoms with Crippen LogP contribution in [0.4, 0.5) is 11.6 Å². The van der Waals surface area contributed by atoms with E-state index in [-0.39, 0.29) is 35.3 Å². The van der Waals surface area contributed by atoms with Crippen LogP contribution in [0, 0.1) is 0 Å². The van der Waals surface area contributed by atoms with Crippen LogP contribution in [0.3, 0.4) is 0 Å². The van der Waals surface area contributed by atoms with E-state index in [2.05, 4.69) is 30.6 Å². The molecule has 0 aliphatic heterocycles. The molecule has 36 heavy (non-hydrogen) atoms. The zero-order valence-corrected chi connectivity index (χ0v) is 21.3. The number of ketones is 1. The van der Waals surface area contributed by atoms with Gasteiger partial charge in [-0.2, -0.15) is 4.98 Å². The molecule has 0 saturated heterocycles. The molecule has 0 radical (unpaired) electrons. The van der Waals surface area contributed by atoms with Crippen LogP contribution in [0.15, 0.2) is 35.3 Å². The molecular formula is C24H35N7O5. The number of nitrogens with one attached hydrogen (secondary N) is 3. The fourth-order valence-electron chi connectivity index (χ4n) is 2.63. The van der Waals surface area contributed by atoms with Crippen LogP contribution < -0.4 is 21.9 Å². The Labute approximate surface area is 209 Å². The van der Waals surface area contributed by atoms with Gasteiger partial charge in [0.15, 0.2) is 11.2 Å². The van der Waals surface area contributed by atoms with E-state index in [4.69, 9.17) is 15.6 Å². The van der Waals surface area contributed by atoms with Crippen molar-refractivity contribution in [2.24, 2.45) is 0 Å². The third-order valence-electron chi connectivity index (χ3n) is 4.10. The van der Waals surface area contributed by atoms with Gasteiger partial charge in [0.05, 0.1) is 18.4 Å². The number of nitrogen functional groups attached to an aromatic ring is 1. The van der Waals surface area contributed by atoms with Crippen LogP contribution in [-0.2, 0) is 16.1 Å². The number of hydrogen-bond donors (Lipinski definition) is 5. The highest BCUT2D eigenvalue weighted by Gasteiger charge is 2.08. The van der Waals surface area contributed by atoms with Gasteiger partial charge in [-0.25, -0.2) is 9.97 Å². The lowest BCUT2D eigenvalue weighted by atomic mass is 10.2. The maximum Gasteiger partial charge on any atom is 0.290 e. The number of carboxylic acid groups (broad SMARTS) is 1. The van der Waals surface area contributed by atoms with Crippen LogP contribution in [0.2, 0.25) is 0 Å². The van der Waals surface area contributed by atoms with Crippen LogP contribution in [0.5, 0.6) is 0 Å². The fourth-order valence-corrected chi connectivity index (χ4v) is 2.63. The quantitative estimate of drug-likeness (QED) is 0.226. The Hall–Kier alpha value is -4.35. The first-order chi connectivity index (χ1) is 17.3. The van der Waals surface area contributed by atoms with Crippen molar-refractivity contribution in [3.8, 4) is 0 Å². The topological polar surface area (TPSA) is 193 Å². The minimum atomic E-state index is -0.444. The summed E-state index contributed by atoms with van der Waals surface area (Å²) in [6.07, 6.45) is 2.60. The zero-order chi connectivity index (χ0) is 27.5. The van der Waals surface area contributed by atoms with Crippen molar-refractivity contribution in [2.75, 3.05) is 17.6 Å². The van der Waals surface area contributed by atoms with Crippen molar-refractivity contribution in [1.29, 1.82) is 0 Å². The van der Waals surface area contributed by atoms with Gasteiger partial charge in [0.2, 0.25) is 5.95 Å². The lowest BCUT2D eigenvalue weighted by Gasteiger charge is -2.08. The van der Waals surface area contributed by atoms with Gasteiger partial charge in [-0.3, -0.25) is 19.4 Å². The van der Waals surface area contributed by atoms with Crippen molar-refractivity contribution >= 4 is 41.0 Å². The number of amides is 1. The van der Waals surface area contributed by atoms with E-state index in [9.17, 15) is 14.4 Å². The summed E-state index contributed by atoms with van der Waals surface area (Å²) in [6, 6.07) is 6.94. The number of fused-ring (bicyclic) bond motifs is 1. The molecular weight excluding hydrogens is 466 g/mol. The average molecular weight is 502 g/mol. The number of nitrogens with zero attached hydrogens (tertiary/aromatic N) is 3. The van der Waals surface area contributed by atoms with Crippen LogP contribution in [-0.4, -0.2) is 49.7 Å². The molecule has 1 amide bonds. The Balaban J connectivity index is 0.00000159. The summed E-state index contributed by atoms with van der Waals surface area (Å²) in [4.78, 5) is 57.9. The summed E-state index contributed by atoms with van der Waals surface area (Å²) in [6.45, 7) is 10.1. The number of Topliss-reactive ketones (excluding diaryl/α,β-unsaturated/α-hetero) is 1. The highest BCUT2D eigenvalue weighted by atomic mass is 16.3. The molecule has 12 nitrogen and oxygen atoms in total. The van der Waals surface area contributed by atoms with Gasteiger partial charge in [-0.05, 0) is 37.6 Å². The predicted molar refractivity (Wildman–Crippen MR) is 140 cm³/mol. The summed E-state index contributed by atoms with van der Waals surface area (Å²) in [7, 11) is 0. The lowest BCUT2D eigenvalue weighted by Crippen LogP contribution is -2.24. The number of nitrogens with two attached hydrogens (primary N) is 1. The maximum absolute atomic E-state index is 12.1. The first-order valence-corrected chi connectivity index (χ1v) is 11.5. The van der Waals surface area contributed by atoms with E-state index in [1.165, 1.54) is 13.1 Å². The predicted octanol–water partition coefficient (Wildman–Crippen LogP) is 2.76. The monoisotopic (exact) mass is 501 g/mol. The molecule has 0 bridgehead atoms. The number of aromatic amines is 1. The molecule has 2 heterocycles. The molecule has 12 heteroatoms. The molecule has 196 valence electrons. The SMILES string of the molecule is CC.CC.CC(=O)CCCNC(=O)c1ccc(NCc2cnc3nc(N)[nH]c(=O)c3n2)cc1.O=CO. The third kappa shape index (κ3) is 11.2. The fraction of sp³-hybridized carbons (Fsp3) is 0.375. The number of rotatable bonds is 8. The second kappa shape index (κ2) is 18.0. The second-order valence-electron chi connectivity index (χ2n) is 6.58. The normalized spacial score (nSPS) is 9.25. The van der Waals surface area contributed by atoms with Gasteiger partial charge in [0.25, 0.3) is 17.9 Å². The van der Waals surface area contributed by atoms with E-state index in [1.54, 1.807) is 24.3 Å². The molecule has 1 aromatic carbocycles. The molecule has 0 saturated carbocycles. The Morgan fingerprint density at radius 3 is 2.31 bits per heavy atom. The molecule has 3 aromatic rings. The molecule has 2 aromatic heterocycles. The van der Waals surface area contributed by atoms with E-state index in [0.717, 1.165) is 5.69 Å². The second-order valence-corrected chi connectivity index (χ2v) is 6.58. The minimum absolute atomic E-state index is 0.00865. The summed E-state index contributed by atoms with van der Waals surface area (Å²) < 4.78 is 0. The maximum atomic E-state index is 12.1. The van der Waals surface area contributed by atoms with E-state index >= 15 is 0 Å². The zero-order valence-electron chi connectivity index (χ0n) is 21.3. The Bertz CT molecular complexity index is 1150. The number of anilines is 2. The summed E-state index contributed by atoms with van der Waals surface area (Å²) >= 11 is 0. The first kappa shape index (κ1) is 31.6. The highest BCUT2D eigenvalue weighted by Crippen LogP contribution is 2.11. The van der Waals surface area contributed by atoms with Crippen LogP contribution in [0.1, 0.15) is 63.5 Å². The van der Waals surface area contributed by atoms with Gasteiger partial charge in [0, 0.05) is 24.2 Å². The van der Waals surface area contributed by atoms with Crippen molar-refractivity contribution < 1.29 is 19.5 Å². The number of aromatic nitrogens is 4. The van der Waals surface area contributed by atoms with Crippen molar-refractivity contribution in [3.05, 3.63) is 52.1 Å².